The van der Waals surface area contributed by atoms with Gasteiger partial charge in [0.05, 0.1) is 0 Å². The third kappa shape index (κ3) is 4.99. The zero-order chi connectivity index (χ0) is 11.2. The van der Waals surface area contributed by atoms with Crippen molar-refractivity contribution < 1.29 is 26.7 Å². The molecular formula is C7H11F5OS. The lowest BCUT2D eigenvalue weighted by molar-refractivity contribution is -0.296. The monoisotopic (exact) mass is 238 g/mol. The van der Waals surface area contributed by atoms with Crippen molar-refractivity contribution in [2.24, 2.45) is 0 Å². The van der Waals surface area contributed by atoms with Crippen LogP contribution in [0.15, 0.2) is 0 Å². The Morgan fingerprint density at radius 3 is 2.00 bits per heavy atom. The molecule has 0 rings (SSSR count). The summed E-state index contributed by atoms with van der Waals surface area (Å²) in [6.07, 6.45) is -4.48. The number of hydrogen-bond acceptors (Lipinski definition) is 2. The lowest BCUT2D eigenvalue weighted by Crippen LogP contribution is -2.40. The summed E-state index contributed by atoms with van der Waals surface area (Å²) in [5, 5.41) is 0. The lowest BCUT2D eigenvalue weighted by atomic mass is 10.3. The quantitative estimate of drug-likeness (QED) is 0.425. The highest BCUT2D eigenvalue weighted by atomic mass is 32.1. The van der Waals surface area contributed by atoms with Crippen LogP contribution in [0.2, 0.25) is 0 Å². The van der Waals surface area contributed by atoms with E-state index in [0.717, 1.165) is 0 Å². The van der Waals surface area contributed by atoms with E-state index in [2.05, 4.69) is 17.4 Å². The highest BCUT2D eigenvalue weighted by Crippen LogP contribution is 2.35. The summed E-state index contributed by atoms with van der Waals surface area (Å²) < 4.78 is 63.3. The van der Waals surface area contributed by atoms with Gasteiger partial charge < -0.3 is 4.74 Å². The van der Waals surface area contributed by atoms with Gasteiger partial charge >= 0.3 is 12.1 Å². The highest BCUT2D eigenvalue weighted by Gasteiger charge is 2.57. The molecule has 0 spiro atoms. The van der Waals surface area contributed by atoms with Crippen LogP contribution < -0.4 is 0 Å². The second-order valence-electron chi connectivity index (χ2n) is 2.69. The molecule has 0 atom stereocenters. The van der Waals surface area contributed by atoms with Gasteiger partial charge in [0.15, 0.2) is 0 Å². The molecule has 0 saturated heterocycles. The number of thiol groups is 1. The second kappa shape index (κ2) is 5.75. The Morgan fingerprint density at radius 2 is 1.57 bits per heavy atom. The Balaban J connectivity index is 3.67. The fourth-order valence-corrected chi connectivity index (χ4v) is 0.822. The van der Waals surface area contributed by atoms with Crippen LogP contribution in [0.4, 0.5) is 22.0 Å². The van der Waals surface area contributed by atoms with Gasteiger partial charge in [0, 0.05) is 6.61 Å². The molecule has 0 saturated carbocycles. The van der Waals surface area contributed by atoms with E-state index in [-0.39, 0.29) is 6.61 Å². The average Bonchev–Trinajstić information content (AvgIpc) is 2.02. The van der Waals surface area contributed by atoms with Crippen molar-refractivity contribution in [3.8, 4) is 0 Å². The predicted molar refractivity (Wildman–Crippen MR) is 44.9 cm³/mol. The molecule has 0 amide bonds. The van der Waals surface area contributed by atoms with E-state index in [0.29, 0.717) is 18.6 Å². The highest BCUT2D eigenvalue weighted by molar-refractivity contribution is 7.80. The third-order valence-corrected chi connectivity index (χ3v) is 1.71. The summed E-state index contributed by atoms with van der Waals surface area (Å²) in [7, 11) is 0. The van der Waals surface area contributed by atoms with Crippen LogP contribution in [-0.2, 0) is 4.74 Å². The van der Waals surface area contributed by atoms with Gasteiger partial charge in [-0.1, -0.05) is 0 Å². The zero-order valence-electron chi connectivity index (χ0n) is 7.28. The van der Waals surface area contributed by atoms with E-state index in [9.17, 15) is 22.0 Å². The topological polar surface area (TPSA) is 9.23 Å². The zero-order valence-corrected chi connectivity index (χ0v) is 8.18. The van der Waals surface area contributed by atoms with Crippen molar-refractivity contribution in [3.63, 3.8) is 0 Å². The summed E-state index contributed by atoms with van der Waals surface area (Å²) in [6, 6.07) is 0. The minimum atomic E-state index is -5.53. The van der Waals surface area contributed by atoms with E-state index in [1.807, 2.05) is 0 Å². The first-order chi connectivity index (χ1) is 6.31. The summed E-state index contributed by atoms with van der Waals surface area (Å²) >= 11 is 3.84. The van der Waals surface area contributed by atoms with E-state index in [1.165, 1.54) is 0 Å². The van der Waals surface area contributed by atoms with E-state index in [4.69, 9.17) is 0 Å². The Morgan fingerprint density at radius 1 is 1.00 bits per heavy atom. The van der Waals surface area contributed by atoms with Gasteiger partial charge in [0.25, 0.3) is 0 Å². The number of unbranched alkanes of at least 4 members (excludes halogenated alkanes) is 1. The van der Waals surface area contributed by atoms with Crippen LogP contribution >= 0.6 is 12.6 Å². The van der Waals surface area contributed by atoms with Gasteiger partial charge in [-0.2, -0.15) is 34.6 Å². The van der Waals surface area contributed by atoms with Gasteiger partial charge in [-0.15, -0.1) is 0 Å². The first-order valence-corrected chi connectivity index (χ1v) is 4.57. The first kappa shape index (κ1) is 14.0. The summed E-state index contributed by atoms with van der Waals surface area (Å²) in [6.45, 7) is -1.71. The molecule has 0 aliphatic carbocycles. The molecule has 86 valence electrons. The van der Waals surface area contributed by atoms with Gasteiger partial charge in [0.2, 0.25) is 0 Å². The Labute approximate surface area is 84.0 Å². The summed E-state index contributed by atoms with van der Waals surface area (Å²) in [5.74, 6) is -4.20. The van der Waals surface area contributed by atoms with Crippen LogP contribution in [0.3, 0.4) is 0 Å². The van der Waals surface area contributed by atoms with Crippen LogP contribution in [0.1, 0.15) is 12.8 Å². The van der Waals surface area contributed by atoms with Crippen LogP contribution in [-0.4, -0.2) is 31.1 Å². The maximum absolute atomic E-state index is 12.2. The lowest BCUT2D eigenvalue weighted by Gasteiger charge is -2.19. The molecule has 0 bridgehead atoms. The molecule has 0 aliphatic rings. The molecular weight excluding hydrogens is 227 g/mol. The first-order valence-electron chi connectivity index (χ1n) is 3.94. The minimum Gasteiger partial charge on any atom is -0.375 e. The Kier molecular flexibility index (Phi) is 5.73. The van der Waals surface area contributed by atoms with Crippen LogP contribution in [0.25, 0.3) is 0 Å². The molecule has 0 N–H and O–H groups in total. The molecule has 14 heavy (non-hydrogen) atoms. The van der Waals surface area contributed by atoms with E-state index >= 15 is 0 Å². The van der Waals surface area contributed by atoms with Crippen molar-refractivity contribution in [3.05, 3.63) is 0 Å². The molecule has 7 heteroatoms. The fourth-order valence-electron chi connectivity index (χ4n) is 0.598. The van der Waals surface area contributed by atoms with Gasteiger partial charge in [-0.05, 0) is 18.6 Å². The molecule has 0 aromatic carbocycles. The number of rotatable bonds is 6. The fraction of sp³-hybridized carbons (Fsp3) is 1.00. The standard InChI is InChI=1S/C7H11F5OS/c8-6(9,7(10,11)12)5-13-3-1-2-4-14/h14H,1-5H2. The molecule has 0 radical (unpaired) electrons. The van der Waals surface area contributed by atoms with Crippen molar-refractivity contribution in [1.29, 1.82) is 0 Å². The maximum Gasteiger partial charge on any atom is 0.455 e. The summed E-state index contributed by atoms with van der Waals surface area (Å²) in [5.41, 5.74) is 0. The summed E-state index contributed by atoms with van der Waals surface area (Å²) in [4.78, 5) is 0. The molecule has 0 fully saturated rings. The van der Waals surface area contributed by atoms with Crippen molar-refractivity contribution in [2.45, 2.75) is 24.9 Å². The molecule has 0 aromatic heterocycles. The average molecular weight is 238 g/mol. The van der Waals surface area contributed by atoms with Crippen molar-refractivity contribution in [1.82, 2.24) is 0 Å². The largest absolute Gasteiger partial charge is 0.455 e. The van der Waals surface area contributed by atoms with Gasteiger partial charge in [-0.25, -0.2) is 0 Å². The number of halogens is 5. The second-order valence-corrected chi connectivity index (χ2v) is 3.13. The van der Waals surface area contributed by atoms with E-state index in [1.54, 1.807) is 0 Å². The number of hydrogen-bond donors (Lipinski definition) is 1. The third-order valence-electron chi connectivity index (χ3n) is 1.39. The normalized spacial score (nSPS) is 13.3. The van der Waals surface area contributed by atoms with Gasteiger partial charge in [-0.3, -0.25) is 0 Å². The number of ether oxygens (including phenoxy) is 1. The Bertz CT molecular complexity index is 159. The SMILES string of the molecule is FC(F)(F)C(F)(F)COCCCCS. The van der Waals surface area contributed by atoms with Crippen molar-refractivity contribution in [2.75, 3.05) is 19.0 Å². The van der Waals surface area contributed by atoms with Gasteiger partial charge in [0.1, 0.15) is 6.61 Å². The maximum atomic E-state index is 12.2. The molecule has 1 nitrogen and oxygen atoms in total. The predicted octanol–water partition coefficient (Wildman–Crippen LogP) is 2.91. The van der Waals surface area contributed by atoms with Crippen molar-refractivity contribution >= 4 is 12.6 Å². The van der Waals surface area contributed by atoms with E-state index < -0.39 is 18.7 Å². The number of alkyl halides is 5. The minimum absolute atomic E-state index is 0.105. The van der Waals surface area contributed by atoms with Crippen LogP contribution in [0, 0.1) is 0 Å². The molecule has 0 unspecified atom stereocenters. The molecule has 0 aliphatic heterocycles. The molecule has 0 heterocycles. The Hall–Kier alpha value is -0.0400. The molecule has 0 aromatic rings. The van der Waals surface area contributed by atoms with Crippen LogP contribution in [0.5, 0.6) is 0 Å². The smallest absolute Gasteiger partial charge is 0.375 e.